The van der Waals surface area contributed by atoms with E-state index >= 15 is 0 Å². The maximum absolute atomic E-state index is 12.2. The Kier molecular flexibility index (Phi) is 5.02. The van der Waals surface area contributed by atoms with Crippen LogP contribution in [-0.4, -0.2) is 31.2 Å². The number of carbonyl (C=O) groups excluding carboxylic acids is 1. The molecule has 0 spiro atoms. The van der Waals surface area contributed by atoms with E-state index in [-0.39, 0.29) is 30.4 Å². The summed E-state index contributed by atoms with van der Waals surface area (Å²) >= 11 is 0. The average Bonchev–Trinajstić information content (AvgIpc) is 3.17. The average molecular weight is 297 g/mol. The lowest BCUT2D eigenvalue weighted by atomic mass is 10.0. The lowest BCUT2D eigenvalue weighted by Crippen LogP contribution is -2.38. The van der Waals surface area contributed by atoms with Gasteiger partial charge in [-0.05, 0) is 37.0 Å². The third-order valence-electron chi connectivity index (χ3n) is 3.97. The number of benzene rings is 1. The SMILES string of the molecule is Cl.NC1CC1c1cccc(C(=O)NC2CCOCC2)c1. The lowest BCUT2D eigenvalue weighted by Gasteiger charge is -2.23. The highest BCUT2D eigenvalue weighted by atomic mass is 35.5. The van der Waals surface area contributed by atoms with Crippen molar-refractivity contribution in [2.75, 3.05) is 13.2 Å². The van der Waals surface area contributed by atoms with Crippen LogP contribution in [0.15, 0.2) is 24.3 Å². The second kappa shape index (κ2) is 6.57. The molecule has 110 valence electrons. The van der Waals surface area contributed by atoms with Crippen molar-refractivity contribution in [3.05, 3.63) is 35.4 Å². The Morgan fingerprint density at radius 1 is 1.30 bits per heavy atom. The first-order chi connectivity index (χ1) is 9.24. The van der Waals surface area contributed by atoms with Gasteiger partial charge in [-0.25, -0.2) is 0 Å². The summed E-state index contributed by atoms with van der Waals surface area (Å²) in [5.41, 5.74) is 7.79. The third kappa shape index (κ3) is 3.51. The summed E-state index contributed by atoms with van der Waals surface area (Å²) in [7, 11) is 0. The van der Waals surface area contributed by atoms with E-state index in [1.165, 1.54) is 5.56 Å². The minimum absolute atomic E-state index is 0. The molecule has 3 rings (SSSR count). The molecule has 0 bridgehead atoms. The number of hydrogen-bond donors (Lipinski definition) is 2. The van der Waals surface area contributed by atoms with E-state index in [1.807, 2.05) is 18.2 Å². The summed E-state index contributed by atoms with van der Waals surface area (Å²) in [6.07, 6.45) is 2.84. The predicted octanol–water partition coefficient (Wildman–Crippen LogP) is 1.83. The molecular formula is C15H21ClN2O2. The zero-order valence-corrected chi connectivity index (χ0v) is 12.2. The zero-order valence-electron chi connectivity index (χ0n) is 11.4. The number of hydrogen-bond acceptors (Lipinski definition) is 3. The van der Waals surface area contributed by atoms with Crippen LogP contribution in [0.25, 0.3) is 0 Å². The first-order valence-electron chi connectivity index (χ1n) is 6.98. The van der Waals surface area contributed by atoms with E-state index in [9.17, 15) is 4.79 Å². The van der Waals surface area contributed by atoms with Gasteiger partial charge in [0, 0.05) is 36.8 Å². The van der Waals surface area contributed by atoms with Crippen LogP contribution in [0.5, 0.6) is 0 Å². The number of halogens is 1. The Bertz CT molecular complexity index is 475. The van der Waals surface area contributed by atoms with E-state index in [0.29, 0.717) is 5.92 Å². The molecule has 1 heterocycles. The zero-order chi connectivity index (χ0) is 13.2. The monoisotopic (exact) mass is 296 g/mol. The predicted molar refractivity (Wildman–Crippen MR) is 80.3 cm³/mol. The van der Waals surface area contributed by atoms with E-state index in [2.05, 4.69) is 11.4 Å². The number of nitrogens with two attached hydrogens (primary N) is 1. The summed E-state index contributed by atoms with van der Waals surface area (Å²) < 4.78 is 5.29. The summed E-state index contributed by atoms with van der Waals surface area (Å²) in [6.45, 7) is 1.48. The Morgan fingerprint density at radius 2 is 2.00 bits per heavy atom. The molecule has 1 aromatic carbocycles. The van der Waals surface area contributed by atoms with Crippen LogP contribution in [-0.2, 0) is 4.74 Å². The number of nitrogens with one attached hydrogen (secondary N) is 1. The van der Waals surface area contributed by atoms with Gasteiger partial charge < -0.3 is 15.8 Å². The molecule has 2 unspecified atom stereocenters. The largest absolute Gasteiger partial charge is 0.381 e. The van der Waals surface area contributed by atoms with Crippen molar-refractivity contribution in [3.63, 3.8) is 0 Å². The van der Waals surface area contributed by atoms with Crippen molar-refractivity contribution in [3.8, 4) is 0 Å². The quantitative estimate of drug-likeness (QED) is 0.894. The number of ether oxygens (including phenoxy) is 1. The van der Waals surface area contributed by atoms with Gasteiger partial charge in [-0.2, -0.15) is 0 Å². The molecule has 1 aliphatic heterocycles. The standard InChI is InChI=1S/C15H20N2O2.ClH/c16-14-9-13(14)10-2-1-3-11(8-10)15(18)17-12-4-6-19-7-5-12;/h1-3,8,12-14H,4-7,9,16H2,(H,17,18);1H. The fourth-order valence-electron chi connectivity index (χ4n) is 2.62. The Labute approximate surface area is 125 Å². The van der Waals surface area contributed by atoms with Crippen molar-refractivity contribution >= 4 is 18.3 Å². The fourth-order valence-corrected chi connectivity index (χ4v) is 2.62. The lowest BCUT2D eigenvalue weighted by molar-refractivity contribution is 0.0696. The highest BCUT2D eigenvalue weighted by Gasteiger charge is 2.35. The molecule has 2 atom stereocenters. The van der Waals surface area contributed by atoms with Crippen molar-refractivity contribution in [2.45, 2.75) is 37.3 Å². The molecule has 0 radical (unpaired) electrons. The minimum atomic E-state index is 0. The summed E-state index contributed by atoms with van der Waals surface area (Å²) in [4.78, 5) is 12.2. The van der Waals surface area contributed by atoms with Gasteiger partial charge in [0.15, 0.2) is 0 Å². The molecule has 2 aliphatic rings. The van der Waals surface area contributed by atoms with Gasteiger partial charge in [-0.3, -0.25) is 4.79 Å². The molecule has 3 N–H and O–H groups in total. The Morgan fingerprint density at radius 3 is 2.65 bits per heavy atom. The minimum Gasteiger partial charge on any atom is -0.381 e. The number of carbonyl (C=O) groups is 1. The first-order valence-corrected chi connectivity index (χ1v) is 6.98. The maximum atomic E-state index is 12.2. The van der Waals surface area contributed by atoms with Crippen LogP contribution in [0.4, 0.5) is 0 Å². The third-order valence-corrected chi connectivity index (χ3v) is 3.97. The van der Waals surface area contributed by atoms with E-state index in [4.69, 9.17) is 10.5 Å². The normalized spacial score (nSPS) is 25.6. The number of amides is 1. The fraction of sp³-hybridized carbons (Fsp3) is 0.533. The van der Waals surface area contributed by atoms with Crippen molar-refractivity contribution in [2.24, 2.45) is 5.73 Å². The molecule has 1 aromatic rings. The summed E-state index contributed by atoms with van der Waals surface area (Å²) in [5, 5.41) is 3.08. The van der Waals surface area contributed by atoms with Gasteiger partial charge in [-0.1, -0.05) is 12.1 Å². The van der Waals surface area contributed by atoms with Crippen LogP contribution in [0, 0.1) is 0 Å². The second-order valence-electron chi connectivity index (χ2n) is 5.49. The first kappa shape index (κ1) is 15.3. The molecule has 1 saturated carbocycles. The molecule has 2 fully saturated rings. The second-order valence-corrected chi connectivity index (χ2v) is 5.49. The van der Waals surface area contributed by atoms with Gasteiger partial charge in [0.05, 0.1) is 0 Å². The molecule has 1 saturated heterocycles. The van der Waals surface area contributed by atoms with Crippen molar-refractivity contribution in [1.82, 2.24) is 5.32 Å². The highest BCUT2D eigenvalue weighted by Crippen LogP contribution is 2.39. The highest BCUT2D eigenvalue weighted by molar-refractivity contribution is 5.94. The summed E-state index contributed by atoms with van der Waals surface area (Å²) in [5.74, 6) is 0.457. The van der Waals surface area contributed by atoms with E-state index in [0.717, 1.165) is 38.0 Å². The summed E-state index contributed by atoms with van der Waals surface area (Å²) in [6, 6.07) is 8.36. The van der Waals surface area contributed by atoms with Gasteiger partial charge >= 0.3 is 0 Å². The molecule has 1 aliphatic carbocycles. The van der Waals surface area contributed by atoms with Gasteiger partial charge in [-0.15, -0.1) is 12.4 Å². The van der Waals surface area contributed by atoms with Crippen LogP contribution >= 0.6 is 12.4 Å². The van der Waals surface area contributed by atoms with Crippen LogP contribution in [0.3, 0.4) is 0 Å². The Hall–Kier alpha value is -1.10. The molecule has 4 nitrogen and oxygen atoms in total. The molecule has 5 heteroatoms. The van der Waals surface area contributed by atoms with Crippen LogP contribution < -0.4 is 11.1 Å². The maximum Gasteiger partial charge on any atom is 0.251 e. The van der Waals surface area contributed by atoms with Gasteiger partial charge in [0.2, 0.25) is 0 Å². The molecule has 1 amide bonds. The van der Waals surface area contributed by atoms with Gasteiger partial charge in [0.25, 0.3) is 5.91 Å². The topological polar surface area (TPSA) is 64.4 Å². The smallest absolute Gasteiger partial charge is 0.251 e. The van der Waals surface area contributed by atoms with E-state index < -0.39 is 0 Å². The molecule has 20 heavy (non-hydrogen) atoms. The van der Waals surface area contributed by atoms with Gasteiger partial charge in [0.1, 0.15) is 0 Å². The number of rotatable bonds is 3. The van der Waals surface area contributed by atoms with E-state index in [1.54, 1.807) is 0 Å². The van der Waals surface area contributed by atoms with Crippen molar-refractivity contribution < 1.29 is 9.53 Å². The Balaban J connectivity index is 0.00000147. The van der Waals surface area contributed by atoms with Crippen LogP contribution in [0.2, 0.25) is 0 Å². The molecular weight excluding hydrogens is 276 g/mol. The molecule has 0 aromatic heterocycles. The van der Waals surface area contributed by atoms with Crippen LogP contribution in [0.1, 0.15) is 41.1 Å². The van der Waals surface area contributed by atoms with Crippen molar-refractivity contribution in [1.29, 1.82) is 0 Å².